The molecule has 1 aliphatic rings. The van der Waals surface area contributed by atoms with Crippen molar-refractivity contribution in [3.63, 3.8) is 0 Å². The average molecular weight is 324 g/mol. The van der Waals surface area contributed by atoms with E-state index < -0.39 is 0 Å². The van der Waals surface area contributed by atoms with Gasteiger partial charge in [-0.25, -0.2) is 0 Å². The van der Waals surface area contributed by atoms with Gasteiger partial charge < -0.3 is 9.53 Å². The molecule has 0 saturated carbocycles. The Balaban J connectivity index is 0.00000144. The SMILES string of the molecule is CCOC(=O)c1c[c-]c2c(c1C)C(=O)CS2.[Y]. The van der Waals surface area contributed by atoms with Gasteiger partial charge in [0.25, 0.3) is 5.97 Å². The summed E-state index contributed by atoms with van der Waals surface area (Å²) in [5, 5.41) is 0. The standard InChI is InChI=1S/C12H11O3S.Y/c1-3-15-12(14)8-4-5-10-11(7(8)2)9(13)6-16-10;/h4H,3,6H2,1-2H3;/q-1;. The number of esters is 1. The van der Waals surface area contributed by atoms with Gasteiger partial charge in [-0.15, -0.1) is 17.3 Å². The maximum atomic E-state index is 11.6. The third kappa shape index (κ3) is 2.80. The van der Waals surface area contributed by atoms with E-state index in [2.05, 4.69) is 6.07 Å². The van der Waals surface area contributed by atoms with Crippen LogP contribution in [0.2, 0.25) is 0 Å². The van der Waals surface area contributed by atoms with Gasteiger partial charge in [0.2, 0.25) is 0 Å². The summed E-state index contributed by atoms with van der Waals surface area (Å²) in [5.41, 5.74) is 1.79. The van der Waals surface area contributed by atoms with E-state index in [9.17, 15) is 9.59 Å². The van der Waals surface area contributed by atoms with E-state index in [0.29, 0.717) is 29.1 Å². The quantitative estimate of drug-likeness (QED) is 0.618. The van der Waals surface area contributed by atoms with Gasteiger partial charge in [0, 0.05) is 38.5 Å². The summed E-state index contributed by atoms with van der Waals surface area (Å²) >= 11 is 1.47. The van der Waals surface area contributed by atoms with E-state index in [1.807, 2.05) is 0 Å². The van der Waals surface area contributed by atoms with Gasteiger partial charge >= 0.3 is 0 Å². The van der Waals surface area contributed by atoms with Crippen molar-refractivity contribution in [2.45, 2.75) is 18.7 Å². The van der Waals surface area contributed by atoms with Crippen LogP contribution in [0.3, 0.4) is 0 Å². The number of Topliss-reactive ketones (excluding diaryl/α,β-unsaturated/α-hetero) is 1. The van der Waals surface area contributed by atoms with Crippen LogP contribution in [0.4, 0.5) is 0 Å². The first-order chi connectivity index (χ1) is 7.65. The second-order valence-corrected chi connectivity index (χ2v) is 4.45. The van der Waals surface area contributed by atoms with E-state index in [4.69, 9.17) is 4.74 Å². The molecular weight excluding hydrogens is 313 g/mol. The van der Waals surface area contributed by atoms with Crippen molar-refractivity contribution in [3.8, 4) is 0 Å². The molecule has 1 aliphatic heterocycles. The number of carbonyl (C=O) groups excluding carboxylic acids is 2. The average Bonchev–Trinajstić information content (AvgIpc) is 2.62. The summed E-state index contributed by atoms with van der Waals surface area (Å²) in [6, 6.07) is 4.58. The fourth-order valence-corrected chi connectivity index (χ4v) is 2.68. The zero-order chi connectivity index (χ0) is 11.7. The Hall–Kier alpha value is -0.186. The minimum absolute atomic E-state index is 0. The Kier molecular flexibility index (Phi) is 5.35. The third-order valence-electron chi connectivity index (χ3n) is 2.48. The van der Waals surface area contributed by atoms with Gasteiger partial charge in [0.1, 0.15) is 5.78 Å². The topological polar surface area (TPSA) is 43.4 Å². The molecule has 2 rings (SSSR count). The van der Waals surface area contributed by atoms with Crippen molar-refractivity contribution in [1.82, 2.24) is 0 Å². The number of rotatable bonds is 2. The van der Waals surface area contributed by atoms with Crippen LogP contribution in [0.15, 0.2) is 11.0 Å². The number of fused-ring (bicyclic) bond motifs is 1. The van der Waals surface area contributed by atoms with Crippen molar-refractivity contribution in [3.05, 3.63) is 28.8 Å². The predicted octanol–water partition coefficient (Wildman–Crippen LogP) is 2.26. The van der Waals surface area contributed by atoms with Gasteiger partial charge in [0.05, 0.1) is 6.61 Å². The third-order valence-corrected chi connectivity index (χ3v) is 3.49. The molecular formula is C12H11O3SY-. The monoisotopic (exact) mass is 324 g/mol. The van der Waals surface area contributed by atoms with Crippen LogP contribution in [-0.2, 0) is 37.4 Å². The van der Waals surface area contributed by atoms with Crippen molar-refractivity contribution in [2.75, 3.05) is 12.4 Å². The van der Waals surface area contributed by atoms with Crippen LogP contribution < -0.4 is 0 Å². The van der Waals surface area contributed by atoms with Crippen molar-refractivity contribution >= 4 is 23.5 Å². The maximum Gasteiger partial charge on any atom is 0.281 e. The second-order valence-electron chi connectivity index (χ2n) is 3.46. The van der Waals surface area contributed by atoms with Crippen LogP contribution in [0.25, 0.3) is 0 Å². The van der Waals surface area contributed by atoms with Crippen molar-refractivity contribution < 1.29 is 47.0 Å². The summed E-state index contributed by atoms with van der Waals surface area (Å²) in [6.07, 6.45) is 0. The molecule has 87 valence electrons. The molecule has 3 nitrogen and oxygen atoms in total. The largest absolute Gasteiger partial charge is 0.472 e. The minimum Gasteiger partial charge on any atom is -0.472 e. The first kappa shape index (κ1) is 14.9. The number of thioether (sulfide) groups is 1. The Morgan fingerprint density at radius 3 is 2.94 bits per heavy atom. The van der Waals surface area contributed by atoms with Crippen LogP contribution in [-0.4, -0.2) is 24.1 Å². The zero-order valence-corrected chi connectivity index (χ0v) is 13.4. The molecule has 0 fully saturated rings. The van der Waals surface area contributed by atoms with Crippen molar-refractivity contribution in [2.24, 2.45) is 0 Å². The Morgan fingerprint density at radius 2 is 2.29 bits per heavy atom. The van der Waals surface area contributed by atoms with Gasteiger partial charge in [-0.2, -0.15) is 12.1 Å². The summed E-state index contributed by atoms with van der Waals surface area (Å²) in [7, 11) is 0. The summed E-state index contributed by atoms with van der Waals surface area (Å²) in [6.45, 7) is 3.87. The van der Waals surface area contributed by atoms with Crippen molar-refractivity contribution in [1.29, 1.82) is 0 Å². The fourth-order valence-electron chi connectivity index (χ4n) is 1.70. The molecule has 0 atom stereocenters. The number of ether oxygens (including phenoxy) is 1. The molecule has 1 heterocycles. The normalized spacial score (nSPS) is 12.9. The Morgan fingerprint density at radius 1 is 1.59 bits per heavy atom. The molecule has 0 spiro atoms. The number of hydrogen-bond donors (Lipinski definition) is 0. The number of ketones is 1. The maximum absolute atomic E-state index is 11.6. The smallest absolute Gasteiger partial charge is 0.281 e. The molecule has 1 aromatic rings. The first-order valence-electron chi connectivity index (χ1n) is 5.03. The minimum atomic E-state index is -0.385. The molecule has 17 heavy (non-hydrogen) atoms. The second kappa shape index (κ2) is 6.12. The van der Waals surface area contributed by atoms with E-state index in [0.717, 1.165) is 4.90 Å². The van der Waals surface area contributed by atoms with Gasteiger partial charge in [-0.3, -0.25) is 4.79 Å². The van der Waals surface area contributed by atoms with E-state index in [1.165, 1.54) is 11.8 Å². The van der Waals surface area contributed by atoms with E-state index in [-0.39, 0.29) is 44.5 Å². The molecule has 0 unspecified atom stereocenters. The summed E-state index contributed by atoms with van der Waals surface area (Å²) < 4.78 is 4.93. The first-order valence-corrected chi connectivity index (χ1v) is 6.02. The summed E-state index contributed by atoms with van der Waals surface area (Å²) in [5.74, 6) is 0.127. The number of benzene rings is 1. The molecule has 1 radical (unpaired) electrons. The molecule has 0 amide bonds. The molecule has 0 bridgehead atoms. The zero-order valence-electron chi connectivity index (χ0n) is 9.70. The number of hydrogen-bond acceptors (Lipinski definition) is 4. The molecule has 5 heteroatoms. The van der Waals surface area contributed by atoms with Gasteiger partial charge in [-0.1, -0.05) is 17.4 Å². The van der Waals surface area contributed by atoms with Crippen LogP contribution in [0.1, 0.15) is 33.2 Å². The van der Waals surface area contributed by atoms with E-state index >= 15 is 0 Å². The van der Waals surface area contributed by atoms with Crippen LogP contribution >= 0.6 is 11.8 Å². The van der Waals surface area contributed by atoms with Crippen LogP contribution in [0.5, 0.6) is 0 Å². The summed E-state index contributed by atoms with van der Waals surface area (Å²) in [4.78, 5) is 24.1. The molecule has 0 saturated heterocycles. The molecule has 0 aromatic heterocycles. The Bertz CT molecular complexity index is 471. The number of carbonyl (C=O) groups is 2. The van der Waals surface area contributed by atoms with Crippen LogP contribution in [0, 0.1) is 13.0 Å². The predicted molar refractivity (Wildman–Crippen MR) is 61.0 cm³/mol. The van der Waals surface area contributed by atoms with Gasteiger partial charge in [0.15, 0.2) is 0 Å². The van der Waals surface area contributed by atoms with Gasteiger partial charge in [-0.05, 0) is 12.5 Å². The molecule has 1 aromatic carbocycles. The molecule has 0 N–H and O–H groups in total. The van der Waals surface area contributed by atoms with E-state index in [1.54, 1.807) is 19.9 Å². The Labute approximate surface area is 130 Å². The fraction of sp³-hybridized carbons (Fsp3) is 0.333. The molecule has 0 aliphatic carbocycles.